The molecule has 29 heavy (non-hydrogen) atoms. The van der Waals surface area contributed by atoms with Crippen molar-refractivity contribution in [2.75, 3.05) is 27.7 Å². The fraction of sp³-hybridized carbons (Fsp3) is 0.350. The summed E-state index contributed by atoms with van der Waals surface area (Å²) in [5.41, 5.74) is 0.869. The normalized spacial score (nSPS) is 11.5. The van der Waals surface area contributed by atoms with Crippen molar-refractivity contribution >= 4 is 31.9 Å². The number of halogens is 2. The molecule has 0 aliphatic rings. The molecule has 0 aromatic heterocycles. The third-order valence-electron chi connectivity index (χ3n) is 4.46. The topological polar surface area (TPSA) is 66.9 Å². The second kappa shape index (κ2) is 10.2. The van der Waals surface area contributed by atoms with E-state index in [1.54, 1.807) is 19.1 Å². The molecule has 0 heterocycles. The van der Waals surface area contributed by atoms with Crippen LogP contribution in [0, 0.1) is 5.82 Å². The predicted octanol–water partition coefficient (Wildman–Crippen LogP) is 3.66. The number of benzene rings is 2. The van der Waals surface area contributed by atoms with Crippen LogP contribution in [-0.2, 0) is 21.4 Å². The molecular weight excluding hydrogens is 463 g/mol. The second-order valence-electron chi connectivity index (χ2n) is 6.59. The molecular formula is C20H24BrFN2O4S. The van der Waals surface area contributed by atoms with Crippen molar-refractivity contribution in [2.24, 2.45) is 0 Å². The van der Waals surface area contributed by atoms with E-state index in [0.29, 0.717) is 18.7 Å². The average molecular weight is 487 g/mol. The second-order valence-corrected chi connectivity index (χ2v) is 9.55. The largest absolute Gasteiger partial charge is 0.496 e. The van der Waals surface area contributed by atoms with Crippen molar-refractivity contribution in [3.63, 3.8) is 0 Å². The fourth-order valence-electron chi connectivity index (χ4n) is 2.76. The van der Waals surface area contributed by atoms with Crippen LogP contribution in [0.5, 0.6) is 5.75 Å². The maximum atomic E-state index is 13.0. The van der Waals surface area contributed by atoms with Gasteiger partial charge in [-0.25, -0.2) is 17.1 Å². The van der Waals surface area contributed by atoms with E-state index in [0.717, 1.165) is 22.2 Å². The maximum Gasteiger partial charge on any atom is 0.242 e. The lowest BCUT2D eigenvalue weighted by Crippen LogP contribution is -2.30. The molecule has 6 nitrogen and oxygen atoms in total. The van der Waals surface area contributed by atoms with Gasteiger partial charge in [-0.2, -0.15) is 0 Å². The summed E-state index contributed by atoms with van der Waals surface area (Å²) in [6.07, 6.45) is 0.575. The summed E-state index contributed by atoms with van der Waals surface area (Å²) in [4.78, 5) is 14.0. The molecule has 0 fully saturated rings. The number of rotatable bonds is 9. The minimum Gasteiger partial charge on any atom is -0.496 e. The third kappa shape index (κ3) is 6.25. The molecule has 0 aliphatic heterocycles. The van der Waals surface area contributed by atoms with E-state index in [4.69, 9.17) is 4.74 Å². The summed E-state index contributed by atoms with van der Waals surface area (Å²) in [5, 5.41) is 0. The van der Waals surface area contributed by atoms with Crippen molar-refractivity contribution < 1.29 is 22.3 Å². The number of methoxy groups -OCH3 is 1. The molecule has 0 saturated heterocycles. The van der Waals surface area contributed by atoms with Crippen LogP contribution in [-0.4, -0.2) is 51.3 Å². The van der Waals surface area contributed by atoms with E-state index in [1.165, 1.54) is 23.5 Å². The van der Waals surface area contributed by atoms with Crippen molar-refractivity contribution in [3.8, 4) is 5.75 Å². The molecule has 2 aromatic rings. The molecule has 2 aromatic carbocycles. The number of carbonyl (C=O) groups is 1. The van der Waals surface area contributed by atoms with Gasteiger partial charge in [-0.15, -0.1) is 0 Å². The number of ether oxygens (including phenoxy) is 1. The van der Waals surface area contributed by atoms with Crippen LogP contribution < -0.4 is 4.74 Å². The first-order chi connectivity index (χ1) is 13.6. The fourth-order valence-corrected chi connectivity index (χ4v) is 4.38. The van der Waals surface area contributed by atoms with Gasteiger partial charge in [0.15, 0.2) is 0 Å². The van der Waals surface area contributed by atoms with Crippen molar-refractivity contribution in [3.05, 3.63) is 58.3 Å². The highest BCUT2D eigenvalue weighted by Gasteiger charge is 2.21. The lowest BCUT2D eigenvalue weighted by atomic mass is 10.2. The molecule has 0 spiro atoms. The molecule has 0 aliphatic carbocycles. The molecule has 2 rings (SSSR count). The van der Waals surface area contributed by atoms with Gasteiger partial charge in [0.2, 0.25) is 15.9 Å². The van der Waals surface area contributed by atoms with Gasteiger partial charge in [0.25, 0.3) is 0 Å². The van der Waals surface area contributed by atoms with Gasteiger partial charge in [0.05, 0.1) is 12.0 Å². The number of carbonyl (C=O) groups excluding carboxylic acids is 1. The van der Waals surface area contributed by atoms with E-state index in [1.807, 2.05) is 18.2 Å². The highest BCUT2D eigenvalue weighted by molar-refractivity contribution is 9.10. The standard InChI is InChI=1S/C20H24BrFN2O4S/c1-23(14-15-13-16(21)6-11-19(15)28-3)20(25)5-4-12-24(2)29(26,27)18-9-7-17(22)8-10-18/h6-11,13H,4-5,12,14H2,1-3H3. The van der Waals surface area contributed by atoms with Crippen LogP contribution in [0.15, 0.2) is 51.8 Å². The Morgan fingerprint density at radius 1 is 1.14 bits per heavy atom. The van der Waals surface area contributed by atoms with E-state index in [9.17, 15) is 17.6 Å². The Labute approximate surface area is 179 Å². The van der Waals surface area contributed by atoms with Crippen molar-refractivity contribution in [2.45, 2.75) is 24.3 Å². The summed E-state index contributed by atoms with van der Waals surface area (Å²) in [7, 11) is 0.999. The van der Waals surface area contributed by atoms with Gasteiger partial charge in [0, 0.05) is 43.6 Å². The summed E-state index contributed by atoms with van der Waals surface area (Å²) < 4.78 is 45.4. The Bertz CT molecular complexity index is 951. The Kier molecular flexibility index (Phi) is 8.18. The van der Waals surface area contributed by atoms with Crippen LogP contribution in [0.1, 0.15) is 18.4 Å². The monoisotopic (exact) mass is 486 g/mol. The number of amides is 1. The van der Waals surface area contributed by atoms with Gasteiger partial charge in [-0.3, -0.25) is 4.79 Å². The van der Waals surface area contributed by atoms with Crippen LogP contribution in [0.3, 0.4) is 0 Å². The SMILES string of the molecule is COc1ccc(Br)cc1CN(C)C(=O)CCCN(C)S(=O)(=O)c1ccc(F)cc1. The smallest absolute Gasteiger partial charge is 0.242 e. The van der Waals surface area contributed by atoms with Crippen LogP contribution in [0.2, 0.25) is 0 Å². The minimum atomic E-state index is -3.72. The highest BCUT2D eigenvalue weighted by Crippen LogP contribution is 2.24. The third-order valence-corrected chi connectivity index (χ3v) is 6.83. The summed E-state index contributed by atoms with van der Waals surface area (Å²) in [5.74, 6) is 0.0971. The molecule has 9 heteroatoms. The average Bonchev–Trinajstić information content (AvgIpc) is 2.68. The first-order valence-corrected chi connectivity index (χ1v) is 11.2. The van der Waals surface area contributed by atoms with Gasteiger partial charge < -0.3 is 9.64 Å². The minimum absolute atomic E-state index is 0.0200. The molecule has 0 bridgehead atoms. The van der Waals surface area contributed by atoms with Crippen molar-refractivity contribution in [1.29, 1.82) is 0 Å². The highest BCUT2D eigenvalue weighted by atomic mass is 79.9. The Morgan fingerprint density at radius 2 is 1.79 bits per heavy atom. The number of sulfonamides is 1. The summed E-state index contributed by atoms with van der Waals surface area (Å²) in [6.45, 7) is 0.560. The Hall–Kier alpha value is -1.97. The lowest BCUT2D eigenvalue weighted by Gasteiger charge is -2.20. The van der Waals surface area contributed by atoms with E-state index >= 15 is 0 Å². The van der Waals surface area contributed by atoms with E-state index in [2.05, 4.69) is 15.9 Å². The zero-order chi connectivity index (χ0) is 21.6. The Balaban J connectivity index is 1.90. The van der Waals surface area contributed by atoms with Gasteiger partial charge in [-0.05, 0) is 48.9 Å². The maximum absolute atomic E-state index is 13.0. The van der Waals surface area contributed by atoms with Crippen LogP contribution >= 0.6 is 15.9 Å². The number of hydrogen-bond donors (Lipinski definition) is 0. The first kappa shape index (κ1) is 23.3. The predicted molar refractivity (Wildman–Crippen MR) is 113 cm³/mol. The summed E-state index contributed by atoms with van der Waals surface area (Å²) >= 11 is 3.41. The zero-order valence-electron chi connectivity index (χ0n) is 16.6. The quantitative estimate of drug-likeness (QED) is 0.542. The van der Waals surface area contributed by atoms with Crippen LogP contribution in [0.25, 0.3) is 0 Å². The molecule has 0 radical (unpaired) electrons. The van der Waals surface area contributed by atoms with E-state index in [-0.39, 0.29) is 23.8 Å². The van der Waals surface area contributed by atoms with Gasteiger partial charge >= 0.3 is 0 Å². The molecule has 1 amide bonds. The molecule has 0 atom stereocenters. The van der Waals surface area contributed by atoms with Gasteiger partial charge in [-0.1, -0.05) is 15.9 Å². The summed E-state index contributed by atoms with van der Waals surface area (Å²) in [6, 6.07) is 10.3. The molecule has 0 N–H and O–H groups in total. The van der Waals surface area contributed by atoms with Gasteiger partial charge in [0.1, 0.15) is 11.6 Å². The Morgan fingerprint density at radius 3 is 2.41 bits per heavy atom. The van der Waals surface area contributed by atoms with Crippen molar-refractivity contribution in [1.82, 2.24) is 9.21 Å². The van der Waals surface area contributed by atoms with Crippen LogP contribution in [0.4, 0.5) is 4.39 Å². The van der Waals surface area contributed by atoms with E-state index < -0.39 is 15.8 Å². The molecule has 0 unspecified atom stereocenters. The molecule has 0 saturated carbocycles. The number of hydrogen-bond acceptors (Lipinski definition) is 4. The molecule has 158 valence electrons. The zero-order valence-corrected chi connectivity index (χ0v) is 19.0. The lowest BCUT2D eigenvalue weighted by molar-refractivity contribution is -0.130. The first-order valence-electron chi connectivity index (χ1n) is 8.93. The number of nitrogens with zero attached hydrogens (tertiary/aromatic N) is 2.